The Hall–Kier alpha value is -0.410. The maximum atomic E-state index is 11.4. The Labute approximate surface area is 73.9 Å². The highest BCUT2D eigenvalue weighted by atomic mass is 16.1. The number of nitrogens with one attached hydrogen (secondary N) is 1. The molecule has 1 fully saturated rings. The minimum atomic E-state index is 0.0188. The first-order chi connectivity index (χ1) is 5.84. The fourth-order valence-corrected chi connectivity index (χ4v) is 1.34. The molecule has 3 nitrogen and oxygen atoms in total. The number of piperazine rings is 1. The molecule has 0 amide bonds. The fraction of sp³-hybridized carbons (Fsp3) is 0.889. The van der Waals surface area contributed by atoms with Crippen molar-refractivity contribution in [3.63, 3.8) is 0 Å². The molecule has 12 heavy (non-hydrogen) atoms. The van der Waals surface area contributed by atoms with Crippen LogP contribution in [-0.2, 0) is 4.79 Å². The van der Waals surface area contributed by atoms with Crippen LogP contribution in [-0.4, -0.2) is 31.5 Å². The lowest BCUT2D eigenvalue weighted by atomic mass is 10.1. The van der Waals surface area contributed by atoms with Gasteiger partial charge in [-0.1, -0.05) is 13.3 Å². The average molecular weight is 169 g/mol. The van der Waals surface area contributed by atoms with Crippen molar-refractivity contribution in [2.75, 3.05) is 19.6 Å². The molecule has 69 valence electrons. The van der Waals surface area contributed by atoms with Crippen molar-refractivity contribution in [1.82, 2.24) is 10.6 Å². The van der Waals surface area contributed by atoms with Crippen LogP contribution in [0.4, 0.5) is 0 Å². The summed E-state index contributed by atoms with van der Waals surface area (Å²) in [4.78, 5) is 11.4. The van der Waals surface area contributed by atoms with Gasteiger partial charge in [-0.2, -0.15) is 0 Å². The summed E-state index contributed by atoms with van der Waals surface area (Å²) >= 11 is 0. The van der Waals surface area contributed by atoms with Crippen LogP contribution in [0, 0.1) is 0 Å². The molecule has 0 saturated carbocycles. The Morgan fingerprint density at radius 2 is 2.50 bits per heavy atom. The van der Waals surface area contributed by atoms with Gasteiger partial charge in [-0.25, -0.2) is 5.32 Å². The molecule has 0 aromatic heterocycles. The molecule has 0 bridgehead atoms. The quantitative estimate of drug-likeness (QED) is 0.658. The smallest absolute Gasteiger partial charge is 0.151 e. The Bertz CT molecular complexity index is 141. The zero-order valence-corrected chi connectivity index (χ0v) is 7.68. The molecule has 0 aromatic rings. The summed E-state index contributed by atoms with van der Waals surface area (Å²) in [5.41, 5.74) is 0. The molecule has 0 aliphatic carbocycles. The monoisotopic (exact) mass is 169 g/mol. The number of ketones is 1. The summed E-state index contributed by atoms with van der Waals surface area (Å²) in [6, 6.07) is 0.0188. The molecular formula is C9H17N2O. The second-order valence-electron chi connectivity index (χ2n) is 3.21. The topological polar surface area (TPSA) is 43.2 Å². The second kappa shape index (κ2) is 5.27. The molecule has 3 heteroatoms. The third-order valence-corrected chi connectivity index (χ3v) is 2.14. The molecule has 1 rings (SSSR count). The molecule has 0 spiro atoms. The van der Waals surface area contributed by atoms with Crippen LogP contribution in [0.5, 0.6) is 0 Å². The maximum Gasteiger partial charge on any atom is 0.151 e. The van der Waals surface area contributed by atoms with E-state index in [1.54, 1.807) is 0 Å². The zero-order chi connectivity index (χ0) is 8.81. The number of hydrogen-bond donors (Lipinski definition) is 1. The van der Waals surface area contributed by atoms with E-state index >= 15 is 0 Å². The van der Waals surface area contributed by atoms with E-state index in [0.29, 0.717) is 18.7 Å². The van der Waals surface area contributed by atoms with Crippen molar-refractivity contribution in [2.45, 2.75) is 32.2 Å². The zero-order valence-electron chi connectivity index (χ0n) is 7.68. The Morgan fingerprint density at radius 1 is 1.67 bits per heavy atom. The highest BCUT2D eigenvalue weighted by Gasteiger charge is 2.19. The maximum absolute atomic E-state index is 11.4. The minimum absolute atomic E-state index is 0.0188. The summed E-state index contributed by atoms with van der Waals surface area (Å²) in [7, 11) is 0. The van der Waals surface area contributed by atoms with E-state index in [1.807, 2.05) is 0 Å². The highest BCUT2D eigenvalue weighted by molar-refractivity contribution is 5.84. The predicted octanol–water partition coefficient (Wildman–Crippen LogP) is 0.322. The molecule has 1 saturated heterocycles. The highest BCUT2D eigenvalue weighted by Crippen LogP contribution is 2.00. The standard InChI is InChI=1S/C9H17N2O/c1-2-3-4-9(12)8-7-10-5-6-11-8/h8,11H,2-7H2,1H3. The van der Waals surface area contributed by atoms with Crippen molar-refractivity contribution in [2.24, 2.45) is 0 Å². The Morgan fingerprint density at radius 3 is 3.08 bits per heavy atom. The molecule has 1 atom stereocenters. The van der Waals surface area contributed by atoms with Gasteiger partial charge in [0.25, 0.3) is 0 Å². The lowest BCUT2D eigenvalue weighted by molar-refractivity contribution is -0.121. The van der Waals surface area contributed by atoms with Crippen molar-refractivity contribution >= 4 is 5.78 Å². The van der Waals surface area contributed by atoms with Gasteiger partial charge in [-0.3, -0.25) is 4.79 Å². The lowest BCUT2D eigenvalue weighted by Gasteiger charge is -2.21. The molecule has 1 aliphatic rings. The van der Waals surface area contributed by atoms with E-state index in [-0.39, 0.29) is 6.04 Å². The first kappa shape index (κ1) is 9.68. The first-order valence-electron chi connectivity index (χ1n) is 4.74. The Kier molecular flexibility index (Phi) is 4.25. The molecule has 1 N–H and O–H groups in total. The number of Topliss-reactive ketones (excluding diaryl/α,β-unsaturated/α-hetero) is 1. The van der Waals surface area contributed by atoms with E-state index in [2.05, 4.69) is 17.6 Å². The van der Waals surface area contributed by atoms with Gasteiger partial charge in [0.05, 0.1) is 6.04 Å². The summed E-state index contributed by atoms with van der Waals surface area (Å²) in [5, 5.41) is 7.39. The van der Waals surface area contributed by atoms with Crippen LogP contribution in [0.2, 0.25) is 0 Å². The summed E-state index contributed by atoms with van der Waals surface area (Å²) in [6.07, 6.45) is 2.82. The van der Waals surface area contributed by atoms with Crippen LogP contribution in [0.25, 0.3) is 0 Å². The van der Waals surface area contributed by atoms with Crippen molar-refractivity contribution in [3.8, 4) is 0 Å². The molecule has 0 aromatic carbocycles. The number of hydrogen-bond acceptors (Lipinski definition) is 2. The van der Waals surface area contributed by atoms with Gasteiger partial charge in [-0.15, -0.1) is 0 Å². The number of unbranched alkanes of at least 4 members (excludes halogenated alkanes) is 1. The van der Waals surface area contributed by atoms with E-state index in [0.717, 1.165) is 25.9 Å². The van der Waals surface area contributed by atoms with E-state index in [4.69, 9.17) is 0 Å². The average Bonchev–Trinajstić information content (AvgIpc) is 2.15. The normalized spacial score (nSPS) is 23.9. The predicted molar refractivity (Wildman–Crippen MR) is 48.2 cm³/mol. The number of rotatable bonds is 4. The van der Waals surface area contributed by atoms with E-state index < -0.39 is 0 Å². The third-order valence-electron chi connectivity index (χ3n) is 2.14. The van der Waals surface area contributed by atoms with Crippen molar-refractivity contribution < 1.29 is 4.79 Å². The first-order valence-corrected chi connectivity index (χ1v) is 4.74. The summed E-state index contributed by atoms with van der Waals surface area (Å²) in [6.45, 7) is 4.51. The largest absolute Gasteiger partial charge is 0.305 e. The van der Waals surface area contributed by atoms with Crippen LogP contribution in [0.15, 0.2) is 0 Å². The molecule has 1 unspecified atom stereocenters. The summed E-state index contributed by atoms with van der Waals surface area (Å²) in [5.74, 6) is 0.334. The fourth-order valence-electron chi connectivity index (χ4n) is 1.34. The van der Waals surface area contributed by atoms with E-state index in [9.17, 15) is 4.79 Å². The second-order valence-corrected chi connectivity index (χ2v) is 3.21. The van der Waals surface area contributed by atoms with Gasteiger partial charge in [0.1, 0.15) is 0 Å². The van der Waals surface area contributed by atoms with Gasteiger partial charge < -0.3 is 5.32 Å². The number of carbonyl (C=O) groups is 1. The molecule has 1 heterocycles. The van der Waals surface area contributed by atoms with Gasteiger partial charge in [0.15, 0.2) is 5.78 Å². The molecular weight excluding hydrogens is 152 g/mol. The SMILES string of the molecule is CCCCC(=O)C1C[N]CCN1. The molecule has 1 aliphatic heterocycles. The van der Waals surface area contributed by atoms with Crippen LogP contribution < -0.4 is 10.6 Å². The van der Waals surface area contributed by atoms with Crippen LogP contribution in [0.3, 0.4) is 0 Å². The third kappa shape index (κ3) is 2.91. The number of carbonyl (C=O) groups excluding carboxylic acids is 1. The van der Waals surface area contributed by atoms with Gasteiger partial charge in [-0.05, 0) is 6.42 Å². The van der Waals surface area contributed by atoms with E-state index in [1.165, 1.54) is 0 Å². The van der Waals surface area contributed by atoms with Crippen LogP contribution >= 0.6 is 0 Å². The van der Waals surface area contributed by atoms with Gasteiger partial charge in [0.2, 0.25) is 0 Å². The minimum Gasteiger partial charge on any atom is -0.305 e. The van der Waals surface area contributed by atoms with Crippen molar-refractivity contribution in [1.29, 1.82) is 0 Å². The van der Waals surface area contributed by atoms with Crippen molar-refractivity contribution in [3.05, 3.63) is 0 Å². The van der Waals surface area contributed by atoms with Crippen LogP contribution in [0.1, 0.15) is 26.2 Å². The number of nitrogens with zero attached hydrogens (tertiary/aromatic N) is 1. The lowest BCUT2D eigenvalue weighted by Crippen LogP contribution is -2.49. The van der Waals surface area contributed by atoms with Gasteiger partial charge in [0, 0.05) is 26.1 Å². The summed E-state index contributed by atoms with van der Waals surface area (Å²) < 4.78 is 0. The van der Waals surface area contributed by atoms with Gasteiger partial charge >= 0.3 is 0 Å². The molecule has 1 radical (unpaired) electrons. The Balaban J connectivity index is 2.20.